The highest BCUT2D eigenvalue weighted by Crippen LogP contribution is 2.28. The van der Waals surface area contributed by atoms with Gasteiger partial charge >= 0.3 is 6.03 Å². The molecule has 2 rings (SSSR count). The second-order valence-corrected chi connectivity index (χ2v) is 5.93. The Bertz CT molecular complexity index is 692. The number of urea groups is 1. The Hall–Kier alpha value is -1.72. The van der Waals surface area contributed by atoms with Crippen molar-refractivity contribution in [3.05, 3.63) is 51.5 Å². The molecule has 2 amide bonds. The van der Waals surface area contributed by atoms with E-state index in [2.05, 4.69) is 26.6 Å². The maximum absolute atomic E-state index is 12.2. The van der Waals surface area contributed by atoms with Crippen molar-refractivity contribution in [1.82, 2.24) is 0 Å². The summed E-state index contributed by atoms with van der Waals surface area (Å²) < 4.78 is 6.18. The number of methoxy groups -OCH3 is 1. The first-order chi connectivity index (χ1) is 10.5. The van der Waals surface area contributed by atoms with E-state index in [1.807, 2.05) is 25.1 Å². The summed E-state index contributed by atoms with van der Waals surface area (Å²) in [5, 5.41) is 6.11. The minimum Gasteiger partial charge on any atom is -0.495 e. The van der Waals surface area contributed by atoms with Crippen molar-refractivity contribution in [1.29, 1.82) is 0 Å². The summed E-state index contributed by atoms with van der Waals surface area (Å²) >= 11 is 9.37. The highest BCUT2D eigenvalue weighted by atomic mass is 79.9. The van der Waals surface area contributed by atoms with Gasteiger partial charge in [-0.1, -0.05) is 34.5 Å². The fraction of sp³-hybridized carbons (Fsp3) is 0.188. The first-order valence-corrected chi connectivity index (χ1v) is 7.90. The van der Waals surface area contributed by atoms with Crippen LogP contribution in [0.3, 0.4) is 0 Å². The van der Waals surface area contributed by atoms with Crippen molar-refractivity contribution >= 4 is 44.9 Å². The van der Waals surface area contributed by atoms with Crippen LogP contribution in [0.2, 0.25) is 5.02 Å². The zero-order valence-electron chi connectivity index (χ0n) is 12.2. The van der Waals surface area contributed by atoms with E-state index in [9.17, 15) is 4.79 Å². The number of halogens is 2. The van der Waals surface area contributed by atoms with Crippen molar-refractivity contribution in [2.24, 2.45) is 0 Å². The molecule has 0 saturated heterocycles. The van der Waals surface area contributed by atoms with E-state index in [4.69, 9.17) is 16.3 Å². The number of nitrogens with one attached hydrogen (secondary N) is 2. The second kappa shape index (κ2) is 7.51. The summed E-state index contributed by atoms with van der Waals surface area (Å²) in [4.78, 5) is 12.2. The topological polar surface area (TPSA) is 50.4 Å². The first-order valence-electron chi connectivity index (χ1n) is 6.73. The number of carbonyl (C=O) groups is 1. The van der Waals surface area contributed by atoms with Crippen LogP contribution in [0, 0.1) is 0 Å². The number of amides is 2. The summed E-state index contributed by atoms with van der Waals surface area (Å²) in [7, 11) is 1.54. The molecule has 0 aliphatic carbocycles. The molecule has 0 bridgehead atoms. The Morgan fingerprint density at radius 2 is 1.91 bits per heavy atom. The summed E-state index contributed by atoms with van der Waals surface area (Å²) in [6.45, 7) is 2.03. The first kappa shape index (κ1) is 16.6. The van der Waals surface area contributed by atoms with Gasteiger partial charge < -0.3 is 15.4 Å². The second-order valence-electron chi connectivity index (χ2n) is 4.58. The Labute approximate surface area is 142 Å². The number of hydrogen-bond donors (Lipinski definition) is 2. The predicted molar refractivity (Wildman–Crippen MR) is 94.2 cm³/mol. The van der Waals surface area contributed by atoms with Gasteiger partial charge in [-0.3, -0.25) is 0 Å². The number of hydrogen-bond acceptors (Lipinski definition) is 2. The highest BCUT2D eigenvalue weighted by Gasteiger charge is 2.10. The quantitative estimate of drug-likeness (QED) is 0.751. The summed E-state index contributed by atoms with van der Waals surface area (Å²) in [6.07, 6.45) is 0.815. The van der Waals surface area contributed by atoms with E-state index in [-0.39, 0.29) is 6.03 Å². The number of anilines is 2. The molecule has 0 aliphatic rings. The Morgan fingerprint density at radius 3 is 2.59 bits per heavy atom. The van der Waals surface area contributed by atoms with Crippen molar-refractivity contribution < 1.29 is 9.53 Å². The molecule has 0 heterocycles. The van der Waals surface area contributed by atoms with E-state index in [1.165, 1.54) is 7.11 Å². The fourth-order valence-electron chi connectivity index (χ4n) is 2.03. The standard InChI is InChI=1S/C16H16BrClN2O2/c1-3-10-8-11(17)4-6-13(10)19-16(21)20-14-9-12(18)5-7-15(14)22-2/h4-9H,3H2,1-2H3,(H2,19,20,21). The average molecular weight is 384 g/mol. The van der Waals surface area contributed by atoms with Gasteiger partial charge in [0.2, 0.25) is 0 Å². The Morgan fingerprint density at radius 1 is 1.18 bits per heavy atom. The largest absolute Gasteiger partial charge is 0.495 e. The molecule has 0 aromatic heterocycles. The van der Waals surface area contributed by atoms with E-state index in [0.717, 1.165) is 22.1 Å². The lowest BCUT2D eigenvalue weighted by Gasteiger charge is -2.13. The highest BCUT2D eigenvalue weighted by molar-refractivity contribution is 9.10. The fourth-order valence-corrected chi connectivity index (χ4v) is 2.61. The predicted octanol–water partition coefficient (Wildman–Crippen LogP) is 5.32. The van der Waals surface area contributed by atoms with E-state index >= 15 is 0 Å². The zero-order chi connectivity index (χ0) is 16.1. The van der Waals surface area contributed by atoms with Crippen molar-refractivity contribution in [3.63, 3.8) is 0 Å². The lowest BCUT2D eigenvalue weighted by atomic mass is 10.1. The molecule has 6 heteroatoms. The van der Waals surface area contributed by atoms with Gasteiger partial charge in [0.15, 0.2) is 0 Å². The Kier molecular flexibility index (Phi) is 5.69. The van der Waals surface area contributed by atoms with E-state index < -0.39 is 0 Å². The van der Waals surface area contributed by atoms with Crippen molar-refractivity contribution in [2.45, 2.75) is 13.3 Å². The van der Waals surface area contributed by atoms with Gasteiger partial charge in [0.05, 0.1) is 12.8 Å². The van der Waals surface area contributed by atoms with Crippen molar-refractivity contribution in [2.75, 3.05) is 17.7 Å². The molecular formula is C16H16BrClN2O2. The van der Waals surface area contributed by atoms with Gasteiger partial charge in [0.25, 0.3) is 0 Å². The van der Waals surface area contributed by atoms with Gasteiger partial charge in [-0.15, -0.1) is 0 Å². The third kappa shape index (κ3) is 4.15. The molecule has 22 heavy (non-hydrogen) atoms. The van der Waals surface area contributed by atoms with Gasteiger partial charge in [0, 0.05) is 15.2 Å². The molecule has 0 saturated carbocycles. The van der Waals surface area contributed by atoms with Crippen LogP contribution in [0.5, 0.6) is 5.75 Å². The number of aryl methyl sites for hydroxylation is 1. The van der Waals surface area contributed by atoms with Crippen LogP contribution in [-0.2, 0) is 6.42 Å². The van der Waals surface area contributed by atoms with Crippen LogP contribution in [0.1, 0.15) is 12.5 Å². The summed E-state index contributed by atoms with van der Waals surface area (Å²) in [6, 6.07) is 10.4. The maximum atomic E-state index is 12.2. The van der Waals surface area contributed by atoms with Crippen molar-refractivity contribution in [3.8, 4) is 5.75 Å². The van der Waals surface area contributed by atoms with Gasteiger partial charge in [-0.25, -0.2) is 4.79 Å². The molecule has 0 aliphatic heterocycles. The minimum atomic E-state index is -0.349. The van der Waals surface area contributed by atoms with E-state index in [0.29, 0.717) is 16.5 Å². The zero-order valence-corrected chi connectivity index (χ0v) is 14.6. The summed E-state index contributed by atoms with van der Waals surface area (Å²) in [5.74, 6) is 0.547. The van der Waals surface area contributed by atoms with Crippen LogP contribution < -0.4 is 15.4 Å². The SMILES string of the molecule is CCc1cc(Br)ccc1NC(=O)Nc1cc(Cl)ccc1OC. The minimum absolute atomic E-state index is 0.349. The van der Waals surface area contributed by atoms with E-state index in [1.54, 1.807) is 18.2 Å². The number of benzene rings is 2. The average Bonchev–Trinajstić information content (AvgIpc) is 2.49. The lowest BCUT2D eigenvalue weighted by Crippen LogP contribution is -2.20. The van der Waals surface area contributed by atoms with Gasteiger partial charge in [0.1, 0.15) is 5.75 Å². The number of rotatable bonds is 4. The molecule has 2 aromatic rings. The summed E-state index contributed by atoms with van der Waals surface area (Å²) in [5.41, 5.74) is 2.33. The molecule has 116 valence electrons. The van der Waals surface area contributed by atoms with Crippen LogP contribution in [0.25, 0.3) is 0 Å². The van der Waals surface area contributed by atoms with Gasteiger partial charge in [-0.2, -0.15) is 0 Å². The van der Waals surface area contributed by atoms with Crippen LogP contribution in [-0.4, -0.2) is 13.1 Å². The maximum Gasteiger partial charge on any atom is 0.323 e. The molecule has 2 aromatic carbocycles. The lowest BCUT2D eigenvalue weighted by molar-refractivity contribution is 0.262. The molecule has 0 atom stereocenters. The van der Waals surface area contributed by atoms with Gasteiger partial charge in [-0.05, 0) is 48.4 Å². The molecule has 2 N–H and O–H groups in total. The number of carbonyl (C=O) groups excluding carboxylic acids is 1. The monoisotopic (exact) mass is 382 g/mol. The third-order valence-corrected chi connectivity index (χ3v) is 3.83. The number of ether oxygens (including phenoxy) is 1. The van der Waals surface area contributed by atoms with Crippen LogP contribution in [0.4, 0.5) is 16.2 Å². The third-order valence-electron chi connectivity index (χ3n) is 3.11. The molecular weight excluding hydrogens is 368 g/mol. The molecule has 4 nitrogen and oxygen atoms in total. The molecule has 0 fully saturated rings. The molecule has 0 radical (unpaired) electrons. The normalized spacial score (nSPS) is 10.2. The molecule has 0 unspecified atom stereocenters. The Balaban J connectivity index is 2.15. The molecule has 0 spiro atoms. The van der Waals surface area contributed by atoms with Crippen LogP contribution >= 0.6 is 27.5 Å². The smallest absolute Gasteiger partial charge is 0.323 e. The van der Waals surface area contributed by atoms with Crippen LogP contribution in [0.15, 0.2) is 40.9 Å².